The van der Waals surface area contributed by atoms with Gasteiger partial charge in [0.25, 0.3) is 0 Å². The fourth-order valence-electron chi connectivity index (χ4n) is 4.54. The Kier molecular flexibility index (Phi) is 3.96. The van der Waals surface area contributed by atoms with Crippen molar-refractivity contribution >= 4 is 0 Å². The lowest BCUT2D eigenvalue weighted by molar-refractivity contribution is 0.158. The fraction of sp³-hybridized carbons (Fsp3) is 0.600. The highest BCUT2D eigenvalue weighted by atomic mass is 16.3. The number of hydrogen-bond acceptors (Lipinski definition) is 1. The predicted molar refractivity (Wildman–Crippen MR) is 89.0 cm³/mol. The normalized spacial score (nSPS) is 40.9. The van der Waals surface area contributed by atoms with Crippen LogP contribution in [0.4, 0.5) is 0 Å². The number of allylic oxidation sites excluding steroid dienone is 5. The van der Waals surface area contributed by atoms with Gasteiger partial charge in [-0.2, -0.15) is 0 Å². The number of rotatable bonds is 1. The van der Waals surface area contributed by atoms with Crippen molar-refractivity contribution in [1.29, 1.82) is 0 Å². The molecule has 21 heavy (non-hydrogen) atoms. The largest absolute Gasteiger partial charge is 0.393 e. The van der Waals surface area contributed by atoms with Gasteiger partial charge in [-0.05, 0) is 68.3 Å². The van der Waals surface area contributed by atoms with Crippen LogP contribution in [-0.2, 0) is 0 Å². The van der Waals surface area contributed by atoms with Crippen molar-refractivity contribution in [2.75, 3.05) is 0 Å². The van der Waals surface area contributed by atoms with E-state index in [1.165, 1.54) is 48.8 Å². The molecule has 0 saturated heterocycles. The molecule has 3 aliphatic carbocycles. The summed E-state index contributed by atoms with van der Waals surface area (Å²) in [4.78, 5) is 0. The van der Waals surface area contributed by atoms with Crippen molar-refractivity contribution in [3.8, 4) is 0 Å². The van der Waals surface area contributed by atoms with Gasteiger partial charge in [-0.15, -0.1) is 0 Å². The molecule has 0 heterocycles. The standard InChI is InChI=1S/C20H28O/c1-14-6-10-18(21)13-17(14)9-8-16-5-4-12-20(3)15(2)7-11-19(16)20/h8-9,18-19,21H,1-2,4-7,10-13H2,3H3/b16-8+,17-9-/t18-,19?,20-/m1/s1. The van der Waals surface area contributed by atoms with Gasteiger partial charge in [-0.1, -0.05) is 49.0 Å². The second kappa shape index (κ2) is 5.61. The Bertz CT molecular complexity index is 522. The number of fused-ring (bicyclic) bond motifs is 1. The SMILES string of the molecule is C=C1CC[C@@H](O)C/C1=C/C=C1\CCC[C@]2(C)C(=C)CCC12. The van der Waals surface area contributed by atoms with E-state index in [0.717, 1.165) is 19.3 Å². The lowest BCUT2D eigenvalue weighted by Crippen LogP contribution is -2.28. The molecule has 3 atom stereocenters. The molecule has 3 aliphatic rings. The van der Waals surface area contributed by atoms with Crippen LogP contribution in [0.5, 0.6) is 0 Å². The summed E-state index contributed by atoms with van der Waals surface area (Å²) < 4.78 is 0. The average molecular weight is 284 g/mol. The molecule has 1 nitrogen and oxygen atoms in total. The summed E-state index contributed by atoms with van der Waals surface area (Å²) in [5.41, 5.74) is 5.87. The summed E-state index contributed by atoms with van der Waals surface area (Å²) in [5, 5.41) is 9.85. The molecule has 3 saturated carbocycles. The minimum absolute atomic E-state index is 0.178. The molecule has 114 valence electrons. The van der Waals surface area contributed by atoms with E-state index in [9.17, 15) is 5.11 Å². The van der Waals surface area contributed by atoms with Crippen LogP contribution in [0.15, 0.2) is 47.6 Å². The first kappa shape index (κ1) is 14.8. The topological polar surface area (TPSA) is 20.2 Å². The maximum Gasteiger partial charge on any atom is 0.0583 e. The van der Waals surface area contributed by atoms with Gasteiger partial charge in [0, 0.05) is 0 Å². The molecule has 0 spiro atoms. The van der Waals surface area contributed by atoms with Crippen molar-refractivity contribution in [1.82, 2.24) is 0 Å². The van der Waals surface area contributed by atoms with Crippen molar-refractivity contribution in [3.05, 3.63) is 47.6 Å². The molecule has 3 fully saturated rings. The Labute approximate surface area is 129 Å². The van der Waals surface area contributed by atoms with Gasteiger partial charge in [0.15, 0.2) is 0 Å². The molecule has 0 bridgehead atoms. The number of aliphatic hydroxyl groups excluding tert-OH is 1. The highest BCUT2D eigenvalue weighted by Gasteiger charge is 2.44. The molecule has 0 radical (unpaired) electrons. The van der Waals surface area contributed by atoms with Crippen LogP contribution in [0.2, 0.25) is 0 Å². The van der Waals surface area contributed by atoms with Gasteiger partial charge in [0.05, 0.1) is 6.10 Å². The minimum Gasteiger partial charge on any atom is -0.393 e. The molecule has 0 aliphatic heterocycles. The van der Waals surface area contributed by atoms with E-state index >= 15 is 0 Å². The minimum atomic E-state index is -0.178. The summed E-state index contributed by atoms with van der Waals surface area (Å²) in [6.07, 6.45) is 13.3. The van der Waals surface area contributed by atoms with Crippen LogP contribution >= 0.6 is 0 Å². The van der Waals surface area contributed by atoms with E-state index in [1.807, 2.05) is 0 Å². The summed E-state index contributed by atoms with van der Waals surface area (Å²) in [6.45, 7) is 10.9. The zero-order valence-electron chi connectivity index (χ0n) is 13.3. The molecule has 1 N–H and O–H groups in total. The molecule has 1 heteroatoms. The third-order valence-corrected chi connectivity index (χ3v) is 6.11. The van der Waals surface area contributed by atoms with Gasteiger partial charge in [0.1, 0.15) is 0 Å². The van der Waals surface area contributed by atoms with E-state index in [1.54, 1.807) is 5.57 Å². The molecule has 0 aromatic carbocycles. The monoisotopic (exact) mass is 284 g/mol. The zero-order valence-corrected chi connectivity index (χ0v) is 13.3. The highest BCUT2D eigenvalue weighted by molar-refractivity contribution is 5.37. The van der Waals surface area contributed by atoms with Gasteiger partial charge in [0.2, 0.25) is 0 Å². The first-order valence-corrected chi connectivity index (χ1v) is 8.45. The van der Waals surface area contributed by atoms with Gasteiger partial charge >= 0.3 is 0 Å². The zero-order chi connectivity index (χ0) is 15.0. The van der Waals surface area contributed by atoms with E-state index in [2.05, 4.69) is 32.2 Å². The van der Waals surface area contributed by atoms with Crippen molar-refractivity contribution in [2.45, 2.75) is 64.4 Å². The smallest absolute Gasteiger partial charge is 0.0583 e. The van der Waals surface area contributed by atoms with Crippen LogP contribution in [0.1, 0.15) is 58.3 Å². The van der Waals surface area contributed by atoms with E-state index in [0.29, 0.717) is 11.3 Å². The van der Waals surface area contributed by atoms with Crippen LogP contribution in [0, 0.1) is 11.3 Å². The maximum absolute atomic E-state index is 9.85. The fourth-order valence-corrected chi connectivity index (χ4v) is 4.54. The molecular weight excluding hydrogens is 256 g/mol. The van der Waals surface area contributed by atoms with E-state index < -0.39 is 0 Å². The van der Waals surface area contributed by atoms with Crippen molar-refractivity contribution in [2.24, 2.45) is 11.3 Å². The van der Waals surface area contributed by atoms with Gasteiger partial charge in [-0.3, -0.25) is 0 Å². The summed E-state index contributed by atoms with van der Waals surface area (Å²) in [7, 11) is 0. The molecular formula is C20H28O. The lowest BCUT2D eigenvalue weighted by Gasteiger charge is -2.39. The van der Waals surface area contributed by atoms with Crippen LogP contribution < -0.4 is 0 Å². The Morgan fingerprint density at radius 2 is 1.95 bits per heavy atom. The molecule has 1 unspecified atom stereocenters. The second-order valence-corrected chi connectivity index (χ2v) is 7.40. The second-order valence-electron chi connectivity index (χ2n) is 7.40. The van der Waals surface area contributed by atoms with E-state index in [-0.39, 0.29) is 6.10 Å². The van der Waals surface area contributed by atoms with E-state index in [4.69, 9.17) is 0 Å². The molecule has 3 rings (SSSR count). The Hall–Kier alpha value is -1.08. The Balaban J connectivity index is 1.82. The first-order chi connectivity index (χ1) is 10.0. The van der Waals surface area contributed by atoms with Gasteiger partial charge in [-0.25, -0.2) is 0 Å². The van der Waals surface area contributed by atoms with Crippen LogP contribution in [-0.4, -0.2) is 11.2 Å². The third kappa shape index (κ3) is 2.68. The predicted octanol–water partition coefficient (Wildman–Crippen LogP) is 5.10. The summed E-state index contributed by atoms with van der Waals surface area (Å²) in [6, 6.07) is 0. The maximum atomic E-state index is 9.85. The van der Waals surface area contributed by atoms with Gasteiger partial charge < -0.3 is 5.11 Å². The quantitative estimate of drug-likeness (QED) is 0.664. The molecule has 0 aromatic heterocycles. The number of aliphatic hydroxyl groups is 1. The molecule has 0 amide bonds. The Morgan fingerprint density at radius 3 is 2.76 bits per heavy atom. The third-order valence-electron chi connectivity index (χ3n) is 6.11. The Morgan fingerprint density at radius 1 is 1.14 bits per heavy atom. The average Bonchev–Trinajstić information content (AvgIpc) is 2.76. The molecule has 0 aromatic rings. The van der Waals surface area contributed by atoms with Crippen LogP contribution in [0.3, 0.4) is 0 Å². The highest BCUT2D eigenvalue weighted by Crippen LogP contribution is 2.56. The first-order valence-electron chi connectivity index (χ1n) is 8.45. The van der Waals surface area contributed by atoms with Crippen molar-refractivity contribution in [3.63, 3.8) is 0 Å². The van der Waals surface area contributed by atoms with Crippen molar-refractivity contribution < 1.29 is 5.11 Å². The lowest BCUT2D eigenvalue weighted by atomic mass is 9.66. The number of hydrogen-bond donors (Lipinski definition) is 1. The van der Waals surface area contributed by atoms with Crippen LogP contribution in [0.25, 0.3) is 0 Å². The summed E-state index contributed by atoms with van der Waals surface area (Å²) in [5.74, 6) is 0.692. The summed E-state index contributed by atoms with van der Waals surface area (Å²) >= 11 is 0.